The second kappa shape index (κ2) is 7.08. The zero-order chi connectivity index (χ0) is 18.1. The van der Waals surface area contributed by atoms with E-state index in [1.165, 1.54) is 39.9 Å². The van der Waals surface area contributed by atoms with Crippen molar-refractivity contribution < 1.29 is 0 Å². The predicted molar refractivity (Wildman–Crippen MR) is 106 cm³/mol. The maximum absolute atomic E-state index is 4.32. The van der Waals surface area contributed by atoms with Crippen LogP contribution >= 0.6 is 0 Å². The van der Waals surface area contributed by atoms with Crippen molar-refractivity contribution in [2.75, 3.05) is 6.54 Å². The minimum Gasteiger partial charge on any atom is -0.350 e. The Balaban J connectivity index is 1.83. The topological polar surface area (TPSA) is 21.1 Å². The number of hydrogen-bond acceptors (Lipinski definition) is 2. The van der Waals surface area contributed by atoms with Gasteiger partial charge in [0.2, 0.25) is 0 Å². The highest BCUT2D eigenvalue weighted by Gasteiger charge is 2.29. The number of aromatic nitrogens is 2. The van der Waals surface area contributed by atoms with Gasteiger partial charge in [-0.25, -0.2) is 0 Å². The molecule has 0 saturated heterocycles. The molecule has 1 aliphatic heterocycles. The maximum atomic E-state index is 4.32. The van der Waals surface area contributed by atoms with Gasteiger partial charge in [0, 0.05) is 43.9 Å². The fourth-order valence-corrected chi connectivity index (χ4v) is 4.49. The van der Waals surface area contributed by atoms with Crippen LogP contribution in [0.3, 0.4) is 0 Å². The molecule has 2 aromatic heterocycles. The summed E-state index contributed by atoms with van der Waals surface area (Å²) in [7, 11) is 0. The number of benzene rings is 1. The third-order valence-corrected chi connectivity index (χ3v) is 5.47. The molecule has 134 valence electrons. The first kappa shape index (κ1) is 17.0. The molecule has 0 fully saturated rings. The molecule has 3 aromatic rings. The Kier molecular flexibility index (Phi) is 4.64. The largest absolute Gasteiger partial charge is 0.350 e. The molecule has 3 heteroatoms. The molecule has 4 rings (SSSR count). The van der Waals surface area contributed by atoms with Gasteiger partial charge in [-0.2, -0.15) is 0 Å². The van der Waals surface area contributed by atoms with E-state index in [1.54, 1.807) is 0 Å². The standard InChI is InChI=1S/C23H27N3/c1-17-13-18(2)22(19(3)14-17)23-21-8-5-10-25(21)11-6-12-26(23)16-20-7-4-9-24-15-20/h4-5,7-10,13-15,23H,6,11-12,16H2,1-3H3. The molecule has 1 atom stereocenters. The van der Waals surface area contributed by atoms with Crippen LogP contribution in [0.1, 0.15) is 46.0 Å². The molecule has 0 spiro atoms. The Morgan fingerprint density at radius 3 is 2.58 bits per heavy atom. The molecule has 1 aromatic carbocycles. The molecule has 3 nitrogen and oxygen atoms in total. The summed E-state index contributed by atoms with van der Waals surface area (Å²) in [4.78, 5) is 6.95. The van der Waals surface area contributed by atoms with E-state index in [1.807, 2.05) is 18.5 Å². The van der Waals surface area contributed by atoms with Gasteiger partial charge in [-0.05, 0) is 67.6 Å². The van der Waals surface area contributed by atoms with Crippen molar-refractivity contribution in [3.05, 3.63) is 88.5 Å². The second-order valence-electron chi connectivity index (χ2n) is 7.53. The summed E-state index contributed by atoms with van der Waals surface area (Å²) in [6.07, 6.45) is 7.25. The van der Waals surface area contributed by atoms with Crippen LogP contribution in [0.5, 0.6) is 0 Å². The predicted octanol–water partition coefficient (Wildman–Crippen LogP) is 4.80. The average Bonchev–Trinajstić information content (AvgIpc) is 3.00. The lowest BCUT2D eigenvalue weighted by Gasteiger charge is -2.33. The molecule has 0 N–H and O–H groups in total. The SMILES string of the molecule is Cc1cc(C)c(C2c3cccn3CCCN2Cc2cccnc2)c(C)c1. The van der Waals surface area contributed by atoms with Crippen LogP contribution in [0.2, 0.25) is 0 Å². The lowest BCUT2D eigenvalue weighted by molar-refractivity contribution is 0.219. The molecular weight excluding hydrogens is 318 g/mol. The lowest BCUT2D eigenvalue weighted by Crippen LogP contribution is -2.30. The molecule has 0 aliphatic carbocycles. The molecule has 1 aliphatic rings. The van der Waals surface area contributed by atoms with Gasteiger partial charge in [-0.3, -0.25) is 9.88 Å². The van der Waals surface area contributed by atoms with E-state index in [2.05, 4.69) is 71.8 Å². The highest BCUT2D eigenvalue weighted by molar-refractivity contribution is 5.43. The van der Waals surface area contributed by atoms with Gasteiger partial charge < -0.3 is 4.57 Å². The quantitative estimate of drug-likeness (QED) is 0.679. The van der Waals surface area contributed by atoms with Gasteiger partial charge in [0.25, 0.3) is 0 Å². The number of fused-ring (bicyclic) bond motifs is 1. The Labute approximate surface area is 156 Å². The normalized spacial score (nSPS) is 17.7. The number of pyridine rings is 1. The van der Waals surface area contributed by atoms with Crippen LogP contribution in [0, 0.1) is 20.8 Å². The van der Waals surface area contributed by atoms with E-state index in [4.69, 9.17) is 0 Å². The van der Waals surface area contributed by atoms with Gasteiger partial charge in [0.1, 0.15) is 0 Å². The monoisotopic (exact) mass is 345 g/mol. The molecule has 0 amide bonds. The second-order valence-corrected chi connectivity index (χ2v) is 7.53. The van der Waals surface area contributed by atoms with Crippen molar-refractivity contribution >= 4 is 0 Å². The van der Waals surface area contributed by atoms with Gasteiger partial charge in [-0.15, -0.1) is 0 Å². The van der Waals surface area contributed by atoms with Crippen molar-refractivity contribution in [2.24, 2.45) is 0 Å². The number of nitrogens with zero attached hydrogens (tertiary/aromatic N) is 3. The summed E-state index contributed by atoms with van der Waals surface area (Å²) in [5.74, 6) is 0. The minimum absolute atomic E-state index is 0.285. The van der Waals surface area contributed by atoms with Crippen LogP contribution in [-0.4, -0.2) is 21.0 Å². The molecule has 26 heavy (non-hydrogen) atoms. The fourth-order valence-electron chi connectivity index (χ4n) is 4.49. The van der Waals surface area contributed by atoms with Crippen LogP contribution < -0.4 is 0 Å². The van der Waals surface area contributed by atoms with Crippen molar-refractivity contribution in [1.82, 2.24) is 14.5 Å². The van der Waals surface area contributed by atoms with Crippen LogP contribution in [0.25, 0.3) is 0 Å². The van der Waals surface area contributed by atoms with Gasteiger partial charge in [-0.1, -0.05) is 23.8 Å². The van der Waals surface area contributed by atoms with Crippen LogP contribution in [0.4, 0.5) is 0 Å². The number of hydrogen-bond donors (Lipinski definition) is 0. The molecular formula is C23H27N3. The Bertz CT molecular complexity index is 872. The summed E-state index contributed by atoms with van der Waals surface area (Å²) in [6.45, 7) is 9.81. The average molecular weight is 345 g/mol. The van der Waals surface area contributed by atoms with Crippen molar-refractivity contribution in [2.45, 2.75) is 46.3 Å². The Hall–Kier alpha value is -2.39. The number of aryl methyl sites for hydroxylation is 4. The summed E-state index contributed by atoms with van der Waals surface area (Å²) in [6, 6.07) is 13.6. The highest BCUT2D eigenvalue weighted by Crippen LogP contribution is 2.36. The van der Waals surface area contributed by atoms with E-state index in [0.717, 1.165) is 19.6 Å². The molecule has 0 bridgehead atoms. The lowest BCUT2D eigenvalue weighted by atomic mass is 9.91. The zero-order valence-electron chi connectivity index (χ0n) is 15.9. The van der Waals surface area contributed by atoms with E-state index >= 15 is 0 Å². The summed E-state index contributed by atoms with van der Waals surface area (Å²) in [5.41, 5.74) is 8.26. The first-order valence-electron chi connectivity index (χ1n) is 9.49. The van der Waals surface area contributed by atoms with Crippen molar-refractivity contribution in [3.8, 4) is 0 Å². The van der Waals surface area contributed by atoms with Crippen molar-refractivity contribution in [3.63, 3.8) is 0 Å². The summed E-state index contributed by atoms with van der Waals surface area (Å²) < 4.78 is 2.44. The maximum Gasteiger partial charge on any atom is 0.0764 e. The van der Waals surface area contributed by atoms with Crippen LogP contribution in [0.15, 0.2) is 55.0 Å². The molecule has 0 radical (unpaired) electrons. The fraction of sp³-hybridized carbons (Fsp3) is 0.348. The Morgan fingerprint density at radius 2 is 1.85 bits per heavy atom. The van der Waals surface area contributed by atoms with E-state index in [-0.39, 0.29) is 6.04 Å². The van der Waals surface area contributed by atoms with Gasteiger partial charge >= 0.3 is 0 Å². The third-order valence-electron chi connectivity index (χ3n) is 5.47. The van der Waals surface area contributed by atoms with Crippen LogP contribution in [-0.2, 0) is 13.1 Å². The summed E-state index contributed by atoms with van der Waals surface area (Å²) in [5, 5.41) is 0. The molecule has 0 saturated carbocycles. The highest BCUT2D eigenvalue weighted by atomic mass is 15.2. The molecule has 3 heterocycles. The Morgan fingerprint density at radius 1 is 1.04 bits per heavy atom. The molecule has 1 unspecified atom stereocenters. The summed E-state index contributed by atoms with van der Waals surface area (Å²) >= 11 is 0. The minimum atomic E-state index is 0.285. The zero-order valence-corrected chi connectivity index (χ0v) is 15.9. The van der Waals surface area contributed by atoms with Crippen molar-refractivity contribution in [1.29, 1.82) is 0 Å². The first-order chi connectivity index (χ1) is 12.6. The van der Waals surface area contributed by atoms with E-state index < -0.39 is 0 Å². The van der Waals surface area contributed by atoms with Gasteiger partial charge in [0.05, 0.1) is 6.04 Å². The number of rotatable bonds is 3. The van der Waals surface area contributed by atoms with Gasteiger partial charge in [0.15, 0.2) is 0 Å². The smallest absolute Gasteiger partial charge is 0.0764 e. The first-order valence-corrected chi connectivity index (χ1v) is 9.49. The van der Waals surface area contributed by atoms with E-state index in [9.17, 15) is 0 Å². The third kappa shape index (κ3) is 3.19. The van der Waals surface area contributed by atoms with E-state index in [0.29, 0.717) is 0 Å².